The molecule has 0 spiro atoms. The van der Waals surface area contributed by atoms with Gasteiger partial charge in [-0.15, -0.1) is 0 Å². The van der Waals surface area contributed by atoms with E-state index in [1.807, 2.05) is 0 Å². The average Bonchev–Trinajstić information content (AvgIpc) is 2.90. The molecular weight excluding hydrogens is 324 g/mol. The van der Waals surface area contributed by atoms with Crippen LogP contribution in [-0.2, 0) is 6.42 Å². The third-order valence-corrected chi connectivity index (χ3v) is 5.46. The maximum Gasteiger partial charge on any atom is 0.0354 e. The molecule has 0 bridgehead atoms. The van der Waals surface area contributed by atoms with Crippen LogP contribution in [0.1, 0.15) is 56.2 Å². The molecule has 3 heteroatoms. The van der Waals surface area contributed by atoms with Crippen LogP contribution in [0.5, 0.6) is 0 Å². The number of hydrogen-bond acceptors (Lipinski definition) is 2. The van der Waals surface area contributed by atoms with Gasteiger partial charge in [0.15, 0.2) is 0 Å². The number of benzene rings is 1. The van der Waals surface area contributed by atoms with Crippen molar-refractivity contribution in [2.75, 3.05) is 19.6 Å². The molecule has 1 aromatic rings. The summed E-state index contributed by atoms with van der Waals surface area (Å²) < 4.78 is 1.22. The van der Waals surface area contributed by atoms with Crippen molar-refractivity contribution in [1.82, 2.24) is 10.2 Å². The third-order valence-electron chi connectivity index (χ3n) is 4.97. The second-order valence-corrected chi connectivity index (χ2v) is 7.46. The molecule has 0 saturated carbocycles. The Bertz CT molecular complexity index is 468. The second-order valence-electron chi connectivity index (χ2n) is 6.54. The Kier molecular flexibility index (Phi) is 5.36. The minimum Gasteiger partial charge on any atom is -0.313 e. The highest BCUT2D eigenvalue weighted by atomic mass is 79.9. The molecule has 21 heavy (non-hydrogen) atoms. The first kappa shape index (κ1) is 15.5. The van der Waals surface area contributed by atoms with Gasteiger partial charge in [-0.25, -0.2) is 0 Å². The summed E-state index contributed by atoms with van der Waals surface area (Å²) in [6.45, 7) is 5.95. The molecule has 0 aromatic heterocycles. The molecule has 1 fully saturated rings. The Balaban J connectivity index is 1.72. The number of fused-ring (bicyclic) bond motifs is 1. The topological polar surface area (TPSA) is 15.3 Å². The number of nitrogens with zero attached hydrogens (tertiary/aromatic N) is 1. The Hall–Kier alpha value is -0.380. The van der Waals surface area contributed by atoms with Crippen LogP contribution < -0.4 is 5.32 Å². The molecule has 116 valence electrons. The van der Waals surface area contributed by atoms with Crippen molar-refractivity contribution in [3.8, 4) is 0 Å². The molecule has 2 atom stereocenters. The first-order valence-corrected chi connectivity index (χ1v) is 9.33. The van der Waals surface area contributed by atoms with E-state index in [9.17, 15) is 0 Å². The normalized spacial score (nSPS) is 25.3. The average molecular weight is 351 g/mol. The van der Waals surface area contributed by atoms with Crippen LogP contribution in [0.25, 0.3) is 0 Å². The Morgan fingerprint density at radius 2 is 2.19 bits per heavy atom. The summed E-state index contributed by atoms with van der Waals surface area (Å²) in [7, 11) is 0. The zero-order valence-electron chi connectivity index (χ0n) is 13.1. The summed E-state index contributed by atoms with van der Waals surface area (Å²) in [5.41, 5.74) is 3.12. The van der Waals surface area contributed by atoms with Gasteiger partial charge in [0.1, 0.15) is 0 Å². The number of rotatable bonds is 5. The molecule has 1 aromatic carbocycles. The Morgan fingerprint density at radius 1 is 1.29 bits per heavy atom. The standard InChI is InChI=1S/C18H27BrN2/c1-2-11-21(13-16-5-3-4-10-20-16)18-9-6-14-12-15(19)7-8-17(14)18/h7-8,12,16,18,20H,2-6,9-11,13H2,1H3. The van der Waals surface area contributed by atoms with Crippen LogP contribution in [0.4, 0.5) is 0 Å². The fourth-order valence-corrected chi connectivity index (χ4v) is 4.38. The quantitative estimate of drug-likeness (QED) is 0.851. The summed E-state index contributed by atoms with van der Waals surface area (Å²) >= 11 is 3.61. The van der Waals surface area contributed by atoms with Crippen molar-refractivity contribution in [2.24, 2.45) is 0 Å². The van der Waals surface area contributed by atoms with Gasteiger partial charge in [0.25, 0.3) is 0 Å². The van der Waals surface area contributed by atoms with Gasteiger partial charge in [-0.05, 0) is 68.5 Å². The summed E-state index contributed by atoms with van der Waals surface area (Å²) in [5.74, 6) is 0. The lowest BCUT2D eigenvalue weighted by molar-refractivity contribution is 0.165. The first-order valence-electron chi connectivity index (χ1n) is 8.53. The summed E-state index contributed by atoms with van der Waals surface area (Å²) in [6, 6.07) is 8.20. The van der Waals surface area contributed by atoms with Crippen LogP contribution in [0, 0.1) is 0 Å². The molecule has 2 nitrogen and oxygen atoms in total. The van der Waals surface area contributed by atoms with E-state index >= 15 is 0 Å². The largest absolute Gasteiger partial charge is 0.313 e. The monoisotopic (exact) mass is 350 g/mol. The van der Waals surface area contributed by atoms with E-state index < -0.39 is 0 Å². The molecule has 1 N–H and O–H groups in total. The van der Waals surface area contributed by atoms with Gasteiger partial charge in [0.05, 0.1) is 0 Å². The van der Waals surface area contributed by atoms with E-state index in [2.05, 4.69) is 51.3 Å². The van der Waals surface area contributed by atoms with Gasteiger partial charge in [0.2, 0.25) is 0 Å². The van der Waals surface area contributed by atoms with Crippen molar-refractivity contribution >= 4 is 15.9 Å². The zero-order valence-corrected chi connectivity index (χ0v) is 14.7. The highest BCUT2D eigenvalue weighted by Crippen LogP contribution is 2.37. The molecule has 2 aliphatic rings. The first-order chi connectivity index (χ1) is 10.3. The summed E-state index contributed by atoms with van der Waals surface area (Å²) in [4.78, 5) is 2.74. The van der Waals surface area contributed by atoms with Gasteiger partial charge >= 0.3 is 0 Å². The second kappa shape index (κ2) is 7.26. The van der Waals surface area contributed by atoms with Crippen molar-refractivity contribution in [2.45, 2.75) is 57.5 Å². The predicted octanol–water partition coefficient (Wildman–Crippen LogP) is 4.29. The minimum absolute atomic E-state index is 0.636. The van der Waals surface area contributed by atoms with E-state index in [0.29, 0.717) is 12.1 Å². The van der Waals surface area contributed by atoms with Crippen LogP contribution in [0.15, 0.2) is 22.7 Å². The minimum atomic E-state index is 0.636. The lowest BCUT2D eigenvalue weighted by Crippen LogP contribution is -2.44. The van der Waals surface area contributed by atoms with E-state index in [0.717, 1.165) is 0 Å². The molecule has 3 rings (SSSR count). The zero-order chi connectivity index (χ0) is 14.7. The molecule has 1 aliphatic heterocycles. The van der Waals surface area contributed by atoms with Crippen molar-refractivity contribution in [1.29, 1.82) is 0 Å². The number of piperidine rings is 1. The van der Waals surface area contributed by atoms with Gasteiger partial charge < -0.3 is 5.32 Å². The summed E-state index contributed by atoms with van der Waals surface area (Å²) in [5, 5.41) is 3.72. The van der Waals surface area contributed by atoms with Crippen molar-refractivity contribution in [3.05, 3.63) is 33.8 Å². The number of hydrogen-bond donors (Lipinski definition) is 1. The van der Waals surface area contributed by atoms with Crippen LogP contribution in [-0.4, -0.2) is 30.6 Å². The van der Waals surface area contributed by atoms with Crippen LogP contribution >= 0.6 is 15.9 Å². The van der Waals surface area contributed by atoms with Crippen molar-refractivity contribution in [3.63, 3.8) is 0 Å². The molecule has 2 unspecified atom stereocenters. The maximum absolute atomic E-state index is 3.72. The molecule has 1 saturated heterocycles. The Labute approximate surface area is 137 Å². The van der Waals surface area contributed by atoms with Gasteiger partial charge in [-0.2, -0.15) is 0 Å². The van der Waals surface area contributed by atoms with E-state index in [4.69, 9.17) is 0 Å². The maximum atomic E-state index is 3.72. The third kappa shape index (κ3) is 3.69. The van der Waals surface area contributed by atoms with Crippen LogP contribution in [0.3, 0.4) is 0 Å². The van der Waals surface area contributed by atoms with Crippen LogP contribution in [0.2, 0.25) is 0 Å². The predicted molar refractivity (Wildman–Crippen MR) is 92.7 cm³/mol. The number of halogens is 1. The lowest BCUT2D eigenvalue weighted by Gasteiger charge is -2.34. The van der Waals surface area contributed by atoms with E-state index in [1.165, 1.54) is 62.6 Å². The molecule has 0 radical (unpaired) electrons. The fourth-order valence-electron chi connectivity index (χ4n) is 3.97. The van der Waals surface area contributed by atoms with Gasteiger partial charge in [-0.3, -0.25) is 4.90 Å². The molecular formula is C18H27BrN2. The number of aryl methyl sites for hydroxylation is 1. The molecule has 0 amide bonds. The highest BCUT2D eigenvalue weighted by Gasteiger charge is 2.29. The summed E-state index contributed by atoms with van der Waals surface area (Å²) in [6.07, 6.45) is 7.86. The van der Waals surface area contributed by atoms with Gasteiger partial charge in [-0.1, -0.05) is 35.3 Å². The van der Waals surface area contributed by atoms with E-state index in [1.54, 1.807) is 11.1 Å². The Morgan fingerprint density at radius 3 is 2.95 bits per heavy atom. The van der Waals surface area contributed by atoms with E-state index in [-0.39, 0.29) is 0 Å². The van der Waals surface area contributed by atoms with Crippen molar-refractivity contribution < 1.29 is 0 Å². The SMILES string of the molecule is CCCN(CC1CCCCN1)C1CCc2cc(Br)ccc21. The molecule has 1 heterocycles. The fraction of sp³-hybridized carbons (Fsp3) is 0.667. The lowest BCUT2D eigenvalue weighted by atomic mass is 10.0. The number of nitrogens with one attached hydrogen (secondary N) is 1. The molecule has 1 aliphatic carbocycles. The highest BCUT2D eigenvalue weighted by molar-refractivity contribution is 9.10. The smallest absolute Gasteiger partial charge is 0.0354 e. The van der Waals surface area contributed by atoms with Gasteiger partial charge in [0, 0.05) is 23.1 Å².